The molecule has 0 saturated carbocycles. The fraction of sp³-hybridized carbons (Fsp3) is 0.176. The number of para-hydroxylation sites is 1. The maximum absolute atomic E-state index is 12.2. The molecule has 1 aliphatic heterocycles. The molecule has 1 atom stereocenters. The van der Waals surface area contributed by atoms with Gasteiger partial charge in [0.2, 0.25) is 5.91 Å². The molecule has 1 heterocycles. The van der Waals surface area contributed by atoms with Gasteiger partial charge in [-0.05, 0) is 30.3 Å². The Bertz CT molecular complexity index is 730. The van der Waals surface area contributed by atoms with E-state index in [4.69, 9.17) is 16.3 Å². The molecule has 1 aliphatic rings. The van der Waals surface area contributed by atoms with Gasteiger partial charge >= 0.3 is 0 Å². The number of likely N-dealkylation sites (tertiary alicyclic amines) is 1. The Morgan fingerprint density at radius 1 is 1.14 bits per heavy atom. The number of likely N-dealkylation sites (N-methyl/N-ethyl adjacent to an activating group) is 1. The zero-order valence-electron chi connectivity index (χ0n) is 12.0. The van der Waals surface area contributed by atoms with Crippen molar-refractivity contribution < 1.29 is 14.3 Å². The highest BCUT2D eigenvalue weighted by molar-refractivity contribution is 6.30. The summed E-state index contributed by atoms with van der Waals surface area (Å²) in [5.74, 6) is -0.116. The molecule has 4 nitrogen and oxygen atoms in total. The average molecular weight is 316 g/mol. The Morgan fingerprint density at radius 3 is 2.50 bits per heavy atom. The van der Waals surface area contributed by atoms with Gasteiger partial charge in [0.1, 0.15) is 17.4 Å². The number of ketones is 1. The minimum absolute atomic E-state index is 0.112. The number of hydrogen-bond donors (Lipinski definition) is 0. The molecule has 0 aliphatic carbocycles. The van der Waals surface area contributed by atoms with E-state index in [1.165, 1.54) is 4.90 Å². The van der Waals surface area contributed by atoms with Crippen molar-refractivity contribution in [3.63, 3.8) is 0 Å². The number of halogens is 1. The lowest BCUT2D eigenvalue weighted by molar-refractivity contribution is -0.128. The third-order valence-electron chi connectivity index (χ3n) is 3.59. The molecule has 2 aromatic rings. The lowest BCUT2D eigenvalue weighted by Crippen LogP contribution is -2.21. The Morgan fingerprint density at radius 2 is 1.86 bits per heavy atom. The van der Waals surface area contributed by atoms with E-state index in [1.54, 1.807) is 25.2 Å². The van der Waals surface area contributed by atoms with E-state index >= 15 is 0 Å². The summed E-state index contributed by atoms with van der Waals surface area (Å²) >= 11 is 6.04. The number of hydrogen-bond acceptors (Lipinski definition) is 3. The lowest BCUT2D eigenvalue weighted by Gasteiger charge is -2.15. The Hall–Kier alpha value is -2.33. The number of carbonyl (C=O) groups is 2. The van der Waals surface area contributed by atoms with Crippen LogP contribution in [-0.4, -0.2) is 30.2 Å². The zero-order chi connectivity index (χ0) is 15.7. The fourth-order valence-corrected chi connectivity index (χ4v) is 2.70. The highest BCUT2D eigenvalue weighted by Crippen LogP contribution is 2.36. The van der Waals surface area contributed by atoms with Gasteiger partial charge in [-0.2, -0.15) is 0 Å². The summed E-state index contributed by atoms with van der Waals surface area (Å²) in [7, 11) is 1.61. The summed E-state index contributed by atoms with van der Waals surface area (Å²) in [6.45, 7) is 0.112. The predicted octanol–water partition coefficient (Wildman–Crippen LogP) is 3.26. The fourth-order valence-electron chi connectivity index (χ4n) is 2.52. The molecule has 1 saturated heterocycles. The largest absolute Gasteiger partial charge is 0.457 e. The Kier molecular flexibility index (Phi) is 3.86. The van der Waals surface area contributed by atoms with Crippen LogP contribution in [0.25, 0.3) is 0 Å². The normalized spacial score (nSPS) is 17.9. The number of amides is 1. The number of ether oxygens (including phenoxy) is 1. The first-order valence-electron chi connectivity index (χ1n) is 6.86. The molecule has 0 bridgehead atoms. The van der Waals surface area contributed by atoms with Crippen LogP contribution >= 0.6 is 11.6 Å². The summed E-state index contributed by atoms with van der Waals surface area (Å²) < 4.78 is 5.83. The van der Waals surface area contributed by atoms with Crippen molar-refractivity contribution in [3.05, 3.63) is 59.1 Å². The summed E-state index contributed by atoms with van der Waals surface area (Å²) in [4.78, 5) is 25.8. The molecule has 1 unspecified atom stereocenters. The van der Waals surface area contributed by atoms with Crippen LogP contribution in [0.5, 0.6) is 11.5 Å². The van der Waals surface area contributed by atoms with Crippen LogP contribution in [0.1, 0.15) is 11.5 Å². The summed E-state index contributed by atoms with van der Waals surface area (Å²) in [5, 5.41) is 0.463. The van der Waals surface area contributed by atoms with Crippen molar-refractivity contribution in [3.8, 4) is 11.5 Å². The summed E-state index contributed by atoms with van der Waals surface area (Å²) in [6, 6.07) is 14.2. The van der Waals surface area contributed by atoms with Gasteiger partial charge in [0.05, 0.1) is 6.54 Å². The van der Waals surface area contributed by atoms with Gasteiger partial charge in [-0.25, -0.2) is 0 Å². The summed E-state index contributed by atoms with van der Waals surface area (Å²) in [5.41, 5.74) is 0.510. The van der Waals surface area contributed by atoms with Crippen LogP contribution in [0.4, 0.5) is 0 Å². The number of benzene rings is 2. The first kappa shape index (κ1) is 14.6. The molecule has 1 fully saturated rings. The number of Topliss-reactive ketones (excluding diaryl/α,β-unsaturated/α-hetero) is 1. The average Bonchev–Trinajstić information content (AvgIpc) is 2.75. The van der Waals surface area contributed by atoms with E-state index in [-0.39, 0.29) is 18.2 Å². The molecule has 2 aromatic carbocycles. The van der Waals surface area contributed by atoms with Crippen molar-refractivity contribution in [1.82, 2.24) is 4.90 Å². The maximum Gasteiger partial charge on any atom is 0.238 e. The van der Waals surface area contributed by atoms with Gasteiger partial charge in [0.15, 0.2) is 5.78 Å². The number of nitrogens with zero attached hydrogens (tertiary/aromatic N) is 1. The van der Waals surface area contributed by atoms with Gasteiger partial charge < -0.3 is 9.64 Å². The smallest absolute Gasteiger partial charge is 0.238 e. The van der Waals surface area contributed by atoms with Crippen LogP contribution < -0.4 is 4.74 Å². The molecular weight excluding hydrogens is 302 g/mol. The van der Waals surface area contributed by atoms with Crippen LogP contribution in [0.15, 0.2) is 48.5 Å². The molecule has 0 aromatic heterocycles. The molecule has 5 heteroatoms. The van der Waals surface area contributed by atoms with Crippen molar-refractivity contribution in [2.24, 2.45) is 0 Å². The second-order valence-electron chi connectivity index (χ2n) is 5.19. The molecule has 22 heavy (non-hydrogen) atoms. The van der Waals surface area contributed by atoms with E-state index in [0.717, 1.165) is 0 Å². The zero-order valence-corrected chi connectivity index (χ0v) is 12.7. The molecule has 0 radical (unpaired) electrons. The molecule has 112 valence electrons. The third-order valence-corrected chi connectivity index (χ3v) is 3.83. The third kappa shape index (κ3) is 2.70. The second kappa shape index (κ2) is 5.81. The van der Waals surface area contributed by atoms with Gasteiger partial charge in [0.25, 0.3) is 0 Å². The van der Waals surface area contributed by atoms with Crippen LogP contribution in [0, 0.1) is 0 Å². The Balaban J connectivity index is 2.02. The second-order valence-corrected chi connectivity index (χ2v) is 5.63. The van der Waals surface area contributed by atoms with Crippen molar-refractivity contribution >= 4 is 23.3 Å². The predicted molar refractivity (Wildman–Crippen MR) is 83.4 cm³/mol. The lowest BCUT2D eigenvalue weighted by atomic mass is 9.95. The van der Waals surface area contributed by atoms with Crippen LogP contribution in [-0.2, 0) is 9.59 Å². The van der Waals surface area contributed by atoms with Gasteiger partial charge in [-0.1, -0.05) is 29.8 Å². The van der Waals surface area contributed by atoms with Crippen molar-refractivity contribution in [2.75, 3.05) is 13.6 Å². The number of carbonyl (C=O) groups excluding carboxylic acids is 2. The monoisotopic (exact) mass is 315 g/mol. The molecule has 1 amide bonds. The maximum atomic E-state index is 12.2. The van der Waals surface area contributed by atoms with E-state index in [2.05, 4.69) is 0 Å². The van der Waals surface area contributed by atoms with E-state index < -0.39 is 5.92 Å². The standard InChI is InChI=1S/C17H14ClNO3/c1-19-10-14(20)16(17(19)21)13-9-11(18)7-8-15(13)22-12-5-3-2-4-6-12/h2-9,16H,10H2,1H3. The van der Waals surface area contributed by atoms with Crippen LogP contribution in [0.3, 0.4) is 0 Å². The van der Waals surface area contributed by atoms with E-state index in [0.29, 0.717) is 22.1 Å². The van der Waals surface area contributed by atoms with Crippen molar-refractivity contribution in [2.45, 2.75) is 5.92 Å². The van der Waals surface area contributed by atoms with E-state index in [1.807, 2.05) is 30.3 Å². The van der Waals surface area contributed by atoms with E-state index in [9.17, 15) is 9.59 Å². The van der Waals surface area contributed by atoms with Gasteiger partial charge in [0, 0.05) is 17.6 Å². The van der Waals surface area contributed by atoms with Gasteiger partial charge in [-0.3, -0.25) is 9.59 Å². The highest BCUT2D eigenvalue weighted by atomic mass is 35.5. The number of rotatable bonds is 3. The molecule has 0 spiro atoms. The van der Waals surface area contributed by atoms with Crippen LogP contribution in [0.2, 0.25) is 5.02 Å². The Labute approximate surface area is 133 Å². The quantitative estimate of drug-likeness (QED) is 0.817. The highest BCUT2D eigenvalue weighted by Gasteiger charge is 2.40. The first-order chi connectivity index (χ1) is 10.6. The summed E-state index contributed by atoms with van der Waals surface area (Å²) in [6.07, 6.45) is 0. The van der Waals surface area contributed by atoms with Crippen molar-refractivity contribution in [1.29, 1.82) is 0 Å². The topological polar surface area (TPSA) is 46.6 Å². The molecule has 0 N–H and O–H groups in total. The van der Waals surface area contributed by atoms with Gasteiger partial charge in [-0.15, -0.1) is 0 Å². The molecular formula is C17H14ClNO3. The minimum atomic E-state index is -0.845. The SMILES string of the molecule is CN1CC(=O)C(c2cc(Cl)ccc2Oc2ccccc2)C1=O. The molecule has 3 rings (SSSR count). The first-order valence-corrected chi connectivity index (χ1v) is 7.24. The minimum Gasteiger partial charge on any atom is -0.457 e.